The maximum absolute atomic E-state index is 12.5. The lowest BCUT2D eigenvalue weighted by Gasteiger charge is -2.24. The van der Waals surface area contributed by atoms with Crippen molar-refractivity contribution in [1.82, 2.24) is 4.90 Å². The van der Waals surface area contributed by atoms with Gasteiger partial charge in [0.05, 0.1) is 12.5 Å². The van der Waals surface area contributed by atoms with Crippen LogP contribution in [0.3, 0.4) is 0 Å². The molecule has 0 aliphatic carbocycles. The first kappa shape index (κ1) is 16.6. The van der Waals surface area contributed by atoms with E-state index in [9.17, 15) is 9.59 Å². The summed E-state index contributed by atoms with van der Waals surface area (Å²) in [6, 6.07) is 4.71. The van der Waals surface area contributed by atoms with E-state index >= 15 is 0 Å². The van der Waals surface area contributed by atoms with Crippen LogP contribution < -0.4 is 11.5 Å². The van der Waals surface area contributed by atoms with Gasteiger partial charge in [-0.2, -0.15) is 17.6 Å². The van der Waals surface area contributed by atoms with E-state index in [4.69, 9.17) is 23.1 Å². The normalized spacial score (nSPS) is 16.5. The number of thiol groups is 1. The lowest BCUT2D eigenvalue weighted by atomic mass is 10.0. The van der Waals surface area contributed by atoms with Gasteiger partial charge in [-0.25, -0.2) is 0 Å². The average Bonchev–Trinajstić information content (AvgIpc) is 2.68. The molecule has 1 aromatic rings. The Balaban J connectivity index is 2.32. The molecule has 2 amide bonds. The number of fused-ring (bicyclic) bond motifs is 1. The molecule has 0 saturated heterocycles. The van der Waals surface area contributed by atoms with E-state index in [1.807, 2.05) is 0 Å². The summed E-state index contributed by atoms with van der Waals surface area (Å²) in [5, 5.41) is 0.484. The summed E-state index contributed by atoms with van der Waals surface area (Å²) in [7, 11) is 0. The van der Waals surface area contributed by atoms with Gasteiger partial charge in [0.25, 0.3) is 11.8 Å². The second-order valence-corrected chi connectivity index (χ2v) is 5.84. The van der Waals surface area contributed by atoms with Gasteiger partial charge in [0.1, 0.15) is 0 Å². The summed E-state index contributed by atoms with van der Waals surface area (Å²) in [4.78, 5) is 29.6. The lowest BCUT2D eigenvalue weighted by Crippen LogP contribution is -2.31. The van der Waals surface area contributed by atoms with Crippen LogP contribution in [0.1, 0.15) is 34.8 Å². The summed E-state index contributed by atoms with van der Waals surface area (Å²) < 4.78 is 0. The molecule has 0 bridgehead atoms. The fraction of sp³-hybridized carbons (Fsp3) is 0.357. The fourth-order valence-corrected chi connectivity index (χ4v) is 2.86. The van der Waals surface area contributed by atoms with Gasteiger partial charge in [-0.1, -0.05) is 17.7 Å². The zero-order chi connectivity index (χ0) is 16.3. The topological polar surface area (TPSA) is 102 Å². The Kier molecular flexibility index (Phi) is 5.31. The Hall–Kier alpha value is -1.73. The molecule has 8 heteroatoms. The van der Waals surface area contributed by atoms with Gasteiger partial charge in [-0.15, -0.1) is 0 Å². The van der Waals surface area contributed by atoms with E-state index in [1.165, 1.54) is 0 Å². The minimum atomic E-state index is -0.462. The quantitative estimate of drug-likeness (QED) is 0.427. The maximum Gasteiger partial charge on any atom is 0.254 e. The highest BCUT2D eigenvalue weighted by molar-refractivity contribution is 7.80. The summed E-state index contributed by atoms with van der Waals surface area (Å²) >= 11 is 10.1. The molecule has 2 rings (SSSR count). The first-order valence-corrected chi connectivity index (χ1v) is 7.78. The number of carbonyl (C=O) groups excluding carboxylic acids is 2. The van der Waals surface area contributed by atoms with Crippen LogP contribution in [0.25, 0.3) is 0 Å². The highest BCUT2D eigenvalue weighted by Crippen LogP contribution is 2.37. The van der Waals surface area contributed by atoms with Crippen molar-refractivity contribution in [2.75, 3.05) is 12.3 Å². The minimum absolute atomic E-state index is 0.0326. The van der Waals surface area contributed by atoms with Crippen molar-refractivity contribution in [3.8, 4) is 0 Å². The summed E-state index contributed by atoms with van der Waals surface area (Å²) in [5.74, 6) is -0.235. The maximum atomic E-state index is 12.5. The third kappa shape index (κ3) is 3.53. The number of hydrogen-bond donors (Lipinski definition) is 3. The molecule has 0 fully saturated rings. The standard InChI is InChI=1S/C14H17ClN4O2S/c15-8-2-3-9-10(6-8)13(21)19(4-1-5-22)11(9)7-12(20)18-14(16)17/h2-3,6,11,22H,1,4-5,7H2,(H4,16,17,18,20)/t11-/m0/s1. The predicted molar refractivity (Wildman–Crippen MR) is 89.1 cm³/mol. The average molecular weight is 341 g/mol. The van der Waals surface area contributed by atoms with Crippen molar-refractivity contribution in [3.63, 3.8) is 0 Å². The smallest absolute Gasteiger partial charge is 0.254 e. The molecule has 1 aliphatic rings. The third-order valence-electron chi connectivity index (χ3n) is 3.42. The van der Waals surface area contributed by atoms with E-state index < -0.39 is 5.91 Å². The predicted octanol–water partition coefficient (Wildman–Crippen LogP) is 1.35. The Bertz CT molecular complexity index is 631. The van der Waals surface area contributed by atoms with Gasteiger partial charge in [0, 0.05) is 17.1 Å². The monoisotopic (exact) mass is 340 g/mol. The number of benzene rings is 1. The van der Waals surface area contributed by atoms with Crippen LogP contribution in [0, 0.1) is 0 Å². The molecular formula is C14H17ClN4O2S. The molecule has 0 unspecified atom stereocenters. The van der Waals surface area contributed by atoms with Crippen molar-refractivity contribution in [1.29, 1.82) is 0 Å². The van der Waals surface area contributed by atoms with Crippen LogP contribution in [0.4, 0.5) is 0 Å². The molecule has 1 aliphatic heterocycles. The Labute approximate surface area is 138 Å². The van der Waals surface area contributed by atoms with Crippen LogP contribution in [-0.4, -0.2) is 35.0 Å². The number of nitrogens with zero attached hydrogens (tertiary/aromatic N) is 2. The third-order valence-corrected chi connectivity index (χ3v) is 3.97. The summed E-state index contributed by atoms with van der Waals surface area (Å²) in [6.45, 7) is 0.508. The van der Waals surface area contributed by atoms with E-state index in [-0.39, 0.29) is 24.3 Å². The Morgan fingerprint density at radius 2 is 2.14 bits per heavy atom. The minimum Gasteiger partial charge on any atom is -0.370 e. The van der Waals surface area contributed by atoms with Gasteiger partial charge < -0.3 is 16.4 Å². The number of rotatable bonds is 5. The lowest BCUT2D eigenvalue weighted by molar-refractivity contribution is -0.118. The molecule has 6 nitrogen and oxygen atoms in total. The Morgan fingerprint density at radius 1 is 1.41 bits per heavy atom. The molecule has 0 radical (unpaired) electrons. The van der Waals surface area contributed by atoms with Crippen LogP contribution >= 0.6 is 24.2 Å². The molecule has 22 heavy (non-hydrogen) atoms. The molecule has 0 aromatic heterocycles. The number of carbonyl (C=O) groups is 2. The molecule has 1 atom stereocenters. The van der Waals surface area contributed by atoms with Gasteiger partial charge >= 0.3 is 0 Å². The van der Waals surface area contributed by atoms with Crippen molar-refractivity contribution in [3.05, 3.63) is 34.3 Å². The molecule has 4 N–H and O–H groups in total. The number of amides is 2. The highest BCUT2D eigenvalue weighted by atomic mass is 35.5. The SMILES string of the molecule is NC(N)=NC(=O)C[C@H]1c2ccc(Cl)cc2C(=O)N1CCCS. The zero-order valence-electron chi connectivity index (χ0n) is 11.8. The van der Waals surface area contributed by atoms with Crippen molar-refractivity contribution >= 4 is 42.0 Å². The zero-order valence-corrected chi connectivity index (χ0v) is 13.5. The first-order chi connectivity index (χ1) is 10.4. The molecule has 118 valence electrons. The molecule has 0 spiro atoms. The number of aliphatic imine (C=N–C) groups is 1. The van der Waals surface area contributed by atoms with E-state index in [0.717, 1.165) is 12.0 Å². The highest BCUT2D eigenvalue weighted by Gasteiger charge is 2.37. The summed E-state index contributed by atoms with van der Waals surface area (Å²) in [6.07, 6.45) is 0.758. The molecule has 1 aromatic carbocycles. The van der Waals surface area contributed by atoms with E-state index in [1.54, 1.807) is 23.1 Å². The summed E-state index contributed by atoms with van der Waals surface area (Å²) in [5.41, 5.74) is 11.7. The molecule has 0 saturated carbocycles. The van der Waals surface area contributed by atoms with Crippen LogP contribution in [-0.2, 0) is 4.79 Å². The number of nitrogens with two attached hydrogens (primary N) is 2. The van der Waals surface area contributed by atoms with Gasteiger partial charge in [0.15, 0.2) is 5.96 Å². The van der Waals surface area contributed by atoms with Crippen LogP contribution in [0.15, 0.2) is 23.2 Å². The number of guanidine groups is 1. The van der Waals surface area contributed by atoms with E-state index in [0.29, 0.717) is 22.9 Å². The largest absolute Gasteiger partial charge is 0.370 e. The second kappa shape index (κ2) is 7.02. The first-order valence-electron chi connectivity index (χ1n) is 6.77. The molecule has 1 heterocycles. The number of hydrogen-bond acceptors (Lipinski definition) is 3. The van der Waals surface area contributed by atoms with Gasteiger partial charge in [-0.05, 0) is 29.9 Å². The van der Waals surface area contributed by atoms with Crippen molar-refractivity contribution in [2.45, 2.75) is 18.9 Å². The second-order valence-electron chi connectivity index (χ2n) is 4.96. The number of halogens is 1. The van der Waals surface area contributed by atoms with Crippen LogP contribution in [0.2, 0.25) is 5.02 Å². The Morgan fingerprint density at radius 3 is 2.77 bits per heavy atom. The van der Waals surface area contributed by atoms with E-state index in [2.05, 4.69) is 17.6 Å². The molecular weight excluding hydrogens is 324 g/mol. The van der Waals surface area contributed by atoms with Crippen molar-refractivity contribution < 1.29 is 9.59 Å². The van der Waals surface area contributed by atoms with Gasteiger partial charge in [-0.3, -0.25) is 9.59 Å². The van der Waals surface area contributed by atoms with Crippen LogP contribution in [0.5, 0.6) is 0 Å². The van der Waals surface area contributed by atoms with Gasteiger partial charge in [0.2, 0.25) is 0 Å². The fourth-order valence-electron chi connectivity index (χ4n) is 2.54. The van der Waals surface area contributed by atoms with Crippen molar-refractivity contribution in [2.24, 2.45) is 16.5 Å².